The van der Waals surface area contributed by atoms with E-state index in [1.807, 2.05) is 24.3 Å². The Morgan fingerprint density at radius 2 is 1.59 bits per heavy atom. The second-order valence-electron chi connectivity index (χ2n) is 6.90. The summed E-state index contributed by atoms with van der Waals surface area (Å²) in [6.45, 7) is 1.25. The number of benzene rings is 3. The molecule has 0 radical (unpaired) electrons. The number of hydrogen-bond donors (Lipinski definition) is 1. The molecule has 7 heteroatoms. The number of rotatable bonds is 4. The summed E-state index contributed by atoms with van der Waals surface area (Å²) in [6.07, 6.45) is 0. The first-order chi connectivity index (χ1) is 15.5. The smallest absolute Gasteiger partial charge is 0.267 e. The topological polar surface area (TPSA) is 99.5 Å². The highest BCUT2D eigenvalue weighted by molar-refractivity contribution is 6.43. The van der Waals surface area contributed by atoms with Gasteiger partial charge in [-0.1, -0.05) is 48.5 Å². The van der Waals surface area contributed by atoms with Crippen molar-refractivity contribution in [2.45, 2.75) is 6.92 Å². The van der Waals surface area contributed by atoms with E-state index in [1.165, 1.54) is 6.92 Å². The van der Waals surface area contributed by atoms with Gasteiger partial charge in [-0.15, -0.1) is 0 Å². The second kappa shape index (κ2) is 8.58. The quantitative estimate of drug-likeness (QED) is 0.499. The van der Waals surface area contributed by atoms with Crippen LogP contribution < -0.4 is 15.0 Å². The van der Waals surface area contributed by atoms with Gasteiger partial charge in [0.05, 0.1) is 16.9 Å². The van der Waals surface area contributed by atoms with Crippen molar-refractivity contribution in [3.05, 3.63) is 90.0 Å². The van der Waals surface area contributed by atoms with Gasteiger partial charge < -0.3 is 10.1 Å². The molecular weight excluding hydrogens is 406 g/mol. The first-order valence-electron chi connectivity index (χ1n) is 9.73. The maximum atomic E-state index is 13.1. The van der Waals surface area contributed by atoms with Crippen LogP contribution in [0.3, 0.4) is 0 Å². The van der Waals surface area contributed by atoms with Crippen LogP contribution in [-0.2, 0) is 14.4 Å². The molecule has 0 aromatic heterocycles. The van der Waals surface area contributed by atoms with Crippen molar-refractivity contribution in [3.8, 4) is 17.6 Å². The number of hydrogen-bond acceptors (Lipinski definition) is 5. The van der Waals surface area contributed by atoms with Gasteiger partial charge in [0, 0.05) is 12.5 Å². The normalized spacial score (nSPS) is 13.8. The Morgan fingerprint density at radius 1 is 0.938 bits per heavy atom. The number of anilines is 2. The predicted octanol–water partition coefficient (Wildman–Crippen LogP) is 4.29. The van der Waals surface area contributed by atoms with Crippen LogP contribution in [0.4, 0.5) is 11.4 Å². The number of carbonyl (C=O) groups excluding carboxylic acids is 3. The monoisotopic (exact) mass is 423 g/mol. The number of carbonyl (C=O) groups is 3. The number of nitrogens with one attached hydrogen (secondary N) is 1. The third-order valence-corrected chi connectivity index (χ3v) is 4.84. The Bertz CT molecular complexity index is 1310. The summed E-state index contributed by atoms with van der Waals surface area (Å²) < 4.78 is 5.84. The molecule has 1 N–H and O–H groups in total. The molecule has 0 saturated heterocycles. The number of ether oxygens (including phenoxy) is 1. The molecule has 156 valence electrons. The summed E-state index contributed by atoms with van der Waals surface area (Å²) in [4.78, 5) is 39.0. The van der Waals surface area contributed by atoms with Gasteiger partial charge in [-0.25, -0.2) is 4.90 Å². The fourth-order valence-corrected chi connectivity index (χ4v) is 3.45. The first-order valence-corrected chi connectivity index (χ1v) is 9.73. The molecule has 0 aliphatic carbocycles. The summed E-state index contributed by atoms with van der Waals surface area (Å²) in [5, 5.41) is 12.4. The van der Waals surface area contributed by atoms with E-state index in [2.05, 4.69) is 5.32 Å². The zero-order valence-electron chi connectivity index (χ0n) is 17.0. The Labute approximate surface area is 184 Å². The van der Waals surface area contributed by atoms with E-state index in [0.29, 0.717) is 28.4 Å². The Kier molecular flexibility index (Phi) is 5.51. The van der Waals surface area contributed by atoms with Crippen LogP contribution in [-0.4, -0.2) is 17.7 Å². The Balaban J connectivity index is 1.71. The van der Waals surface area contributed by atoms with Crippen molar-refractivity contribution in [3.63, 3.8) is 0 Å². The SMILES string of the molecule is CC(=O)N1C(=O)/C(=C(\C#N)C(=O)Nc2ccccc2Oc2ccccc2)c2ccccc21. The zero-order valence-corrected chi connectivity index (χ0v) is 17.0. The molecule has 3 amide bonds. The summed E-state index contributed by atoms with van der Waals surface area (Å²) in [7, 11) is 0. The predicted molar refractivity (Wildman–Crippen MR) is 119 cm³/mol. The molecule has 0 atom stereocenters. The Morgan fingerprint density at radius 3 is 2.31 bits per heavy atom. The van der Waals surface area contributed by atoms with Crippen molar-refractivity contribution in [1.29, 1.82) is 5.26 Å². The van der Waals surface area contributed by atoms with Gasteiger partial charge in [0.1, 0.15) is 17.4 Å². The van der Waals surface area contributed by atoms with Gasteiger partial charge in [0.2, 0.25) is 5.91 Å². The van der Waals surface area contributed by atoms with Gasteiger partial charge in [0.25, 0.3) is 11.8 Å². The minimum absolute atomic E-state index is 0.114. The third-order valence-electron chi connectivity index (χ3n) is 4.84. The molecule has 7 nitrogen and oxygen atoms in total. The highest BCUT2D eigenvalue weighted by Gasteiger charge is 2.38. The van der Waals surface area contributed by atoms with Gasteiger partial charge in [-0.2, -0.15) is 5.26 Å². The third kappa shape index (κ3) is 3.73. The van der Waals surface area contributed by atoms with E-state index in [0.717, 1.165) is 4.90 Å². The largest absolute Gasteiger partial charge is 0.455 e. The van der Waals surface area contributed by atoms with Gasteiger partial charge >= 0.3 is 0 Å². The minimum atomic E-state index is -0.778. The number of nitrogens with zero attached hydrogens (tertiary/aromatic N) is 2. The lowest BCUT2D eigenvalue weighted by Gasteiger charge is -2.13. The molecule has 1 aliphatic heterocycles. The first kappa shape index (κ1) is 20.6. The van der Waals surface area contributed by atoms with Crippen molar-refractivity contribution in [1.82, 2.24) is 0 Å². The van der Waals surface area contributed by atoms with Crippen LogP contribution in [0.2, 0.25) is 0 Å². The summed E-state index contributed by atoms with van der Waals surface area (Å²) in [5.74, 6) is -1.04. The molecule has 3 aromatic carbocycles. The maximum Gasteiger partial charge on any atom is 0.267 e. The fraction of sp³-hybridized carbons (Fsp3) is 0.0400. The van der Waals surface area contributed by atoms with Crippen LogP contribution in [0.25, 0.3) is 5.57 Å². The molecule has 0 saturated carbocycles. The van der Waals surface area contributed by atoms with E-state index < -0.39 is 17.7 Å². The molecular formula is C25H17N3O4. The highest BCUT2D eigenvalue weighted by atomic mass is 16.5. The zero-order chi connectivity index (χ0) is 22.7. The standard InChI is InChI=1S/C25H17N3O4/c1-16(29)28-21-13-7-5-11-18(21)23(25(28)31)19(15-26)24(30)27-20-12-6-8-14-22(20)32-17-9-3-2-4-10-17/h2-14H,1H3,(H,27,30)/b23-19+. The van der Waals surface area contributed by atoms with Crippen molar-refractivity contribution < 1.29 is 19.1 Å². The summed E-state index contributed by atoms with van der Waals surface area (Å²) in [6, 6.07) is 24.2. The highest BCUT2D eigenvalue weighted by Crippen LogP contribution is 2.39. The van der Waals surface area contributed by atoms with E-state index in [9.17, 15) is 19.6 Å². The fourth-order valence-electron chi connectivity index (χ4n) is 3.45. The van der Waals surface area contributed by atoms with E-state index in [4.69, 9.17) is 4.74 Å². The maximum absolute atomic E-state index is 13.1. The van der Waals surface area contributed by atoms with Crippen LogP contribution in [0.15, 0.2) is 84.4 Å². The summed E-state index contributed by atoms with van der Waals surface area (Å²) >= 11 is 0. The van der Waals surface area contributed by atoms with Gasteiger partial charge in [0.15, 0.2) is 5.75 Å². The van der Waals surface area contributed by atoms with Crippen LogP contribution in [0.1, 0.15) is 12.5 Å². The molecule has 1 heterocycles. The number of imide groups is 1. The molecule has 4 rings (SSSR count). The Hall–Kier alpha value is -4.70. The number of para-hydroxylation sites is 4. The number of fused-ring (bicyclic) bond motifs is 1. The minimum Gasteiger partial charge on any atom is -0.455 e. The van der Waals surface area contributed by atoms with E-state index in [1.54, 1.807) is 60.7 Å². The van der Waals surface area contributed by atoms with Gasteiger partial charge in [-0.05, 0) is 30.3 Å². The molecule has 0 spiro atoms. The molecule has 32 heavy (non-hydrogen) atoms. The number of amides is 3. The van der Waals surface area contributed by atoms with Gasteiger partial charge in [-0.3, -0.25) is 14.4 Å². The number of nitriles is 1. The average Bonchev–Trinajstić information content (AvgIpc) is 3.08. The summed E-state index contributed by atoms with van der Waals surface area (Å²) in [5.41, 5.74) is 0.524. The lowest BCUT2D eigenvalue weighted by Crippen LogP contribution is -2.31. The van der Waals surface area contributed by atoms with E-state index in [-0.39, 0.29) is 11.1 Å². The second-order valence-corrected chi connectivity index (χ2v) is 6.90. The molecule has 0 unspecified atom stereocenters. The molecule has 3 aromatic rings. The molecule has 1 aliphatic rings. The van der Waals surface area contributed by atoms with Crippen molar-refractivity contribution >= 4 is 34.7 Å². The average molecular weight is 423 g/mol. The van der Waals surface area contributed by atoms with Crippen molar-refractivity contribution in [2.24, 2.45) is 0 Å². The van der Waals surface area contributed by atoms with Crippen LogP contribution in [0.5, 0.6) is 11.5 Å². The van der Waals surface area contributed by atoms with E-state index >= 15 is 0 Å². The van der Waals surface area contributed by atoms with Crippen molar-refractivity contribution in [2.75, 3.05) is 10.2 Å². The molecule has 0 fully saturated rings. The van der Waals surface area contributed by atoms with Crippen LogP contribution >= 0.6 is 0 Å². The molecule has 0 bridgehead atoms. The lowest BCUT2D eigenvalue weighted by molar-refractivity contribution is -0.122. The van der Waals surface area contributed by atoms with Crippen LogP contribution in [0, 0.1) is 11.3 Å². The lowest BCUT2D eigenvalue weighted by atomic mass is 10.0.